The summed E-state index contributed by atoms with van der Waals surface area (Å²) in [7, 11) is 0. The van der Waals surface area contributed by atoms with Crippen molar-refractivity contribution in [1.29, 1.82) is 0 Å². The van der Waals surface area contributed by atoms with E-state index < -0.39 is 17.8 Å². The molecule has 0 aliphatic carbocycles. The Hall–Kier alpha value is -1.63. The first-order valence-electron chi connectivity index (χ1n) is 6.11. The second-order valence-corrected chi connectivity index (χ2v) is 4.45. The zero-order valence-electron chi connectivity index (χ0n) is 10.5. The number of fused-ring (bicyclic) bond motifs is 1. The molecule has 1 atom stereocenters. The SMILES string of the molecule is CCCCC(N)c1nnc2ccc(C(F)(F)F)cn12. The first kappa shape index (κ1) is 13.8. The third kappa shape index (κ3) is 2.86. The van der Waals surface area contributed by atoms with E-state index in [1.807, 2.05) is 6.92 Å². The molecule has 2 heterocycles. The predicted molar refractivity (Wildman–Crippen MR) is 64.4 cm³/mol. The molecule has 0 aliphatic rings. The Morgan fingerprint density at radius 1 is 1.32 bits per heavy atom. The molecule has 7 heteroatoms. The summed E-state index contributed by atoms with van der Waals surface area (Å²) in [5, 5.41) is 7.73. The molecule has 2 aromatic heterocycles. The fourth-order valence-electron chi connectivity index (χ4n) is 1.88. The molecule has 0 aromatic carbocycles. The van der Waals surface area contributed by atoms with Crippen LogP contribution in [0.15, 0.2) is 18.3 Å². The average Bonchev–Trinajstić information content (AvgIpc) is 2.77. The maximum atomic E-state index is 12.7. The molecule has 0 aliphatic heterocycles. The first-order valence-corrected chi connectivity index (χ1v) is 6.11. The van der Waals surface area contributed by atoms with Gasteiger partial charge in [0.05, 0.1) is 11.6 Å². The van der Waals surface area contributed by atoms with Crippen molar-refractivity contribution in [2.24, 2.45) is 5.73 Å². The zero-order valence-corrected chi connectivity index (χ0v) is 10.5. The first-order chi connectivity index (χ1) is 8.93. The average molecular weight is 272 g/mol. The van der Waals surface area contributed by atoms with Crippen LogP contribution in [-0.2, 0) is 6.18 Å². The van der Waals surface area contributed by atoms with Crippen LogP contribution >= 0.6 is 0 Å². The van der Waals surface area contributed by atoms with Crippen LogP contribution in [0.25, 0.3) is 5.65 Å². The third-order valence-electron chi connectivity index (χ3n) is 2.96. The van der Waals surface area contributed by atoms with Crippen LogP contribution < -0.4 is 5.73 Å². The van der Waals surface area contributed by atoms with Gasteiger partial charge in [0, 0.05) is 6.20 Å². The largest absolute Gasteiger partial charge is 0.417 e. The zero-order chi connectivity index (χ0) is 14.0. The predicted octanol–water partition coefficient (Wildman–Crippen LogP) is 2.94. The molecule has 0 saturated carbocycles. The van der Waals surface area contributed by atoms with E-state index in [0.29, 0.717) is 17.9 Å². The summed E-state index contributed by atoms with van der Waals surface area (Å²) in [6, 6.07) is 1.88. The Morgan fingerprint density at radius 3 is 2.68 bits per heavy atom. The van der Waals surface area contributed by atoms with E-state index in [1.165, 1.54) is 10.5 Å². The molecular weight excluding hydrogens is 257 g/mol. The summed E-state index contributed by atoms with van der Waals surface area (Å²) < 4.78 is 39.3. The molecule has 2 aromatic rings. The molecule has 0 bridgehead atoms. The van der Waals surface area contributed by atoms with Crippen molar-refractivity contribution < 1.29 is 13.2 Å². The van der Waals surface area contributed by atoms with Crippen molar-refractivity contribution >= 4 is 5.65 Å². The van der Waals surface area contributed by atoms with E-state index in [-0.39, 0.29) is 0 Å². The molecule has 104 valence electrons. The summed E-state index contributed by atoms with van der Waals surface area (Å²) >= 11 is 0. The second kappa shape index (κ2) is 5.16. The van der Waals surface area contributed by atoms with Gasteiger partial charge in [-0.3, -0.25) is 4.40 Å². The highest BCUT2D eigenvalue weighted by Gasteiger charge is 2.31. The van der Waals surface area contributed by atoms with Crippen LogP contribution in [0.2, 0.25) is 0 Å². The fraction of sp³-hybridized carbons (Fsp3) is 0.500. The molecule has 0 amide bonds. The van der Waals surface area contributed by atoms with Crippen LogP contribution in [-0.4, -0.2) is 14.6 Å². The van der Waals surface area contributed by atoms with Crippen molar-refractivity contribution in [2.45, 2.75) is 38.4 Å². The van der Waals surface area contributed by atoms with Crippen molar-refractivity contribution in [3.63, 3.8) is 0 Å². The lowest BCUT2D eigenvalue weighted by atomic mass is 10.1. The summed E-state index contributed by atoms with van der Waals surface area (Å²) in [4.78, 5) is 0. The number of hydrogen-bond acceptors (Lipinski definition) is 3. The molecule has 0 fully saturated rings. The number of pyridine rings is 1. The molecular formula is C12H15F3N4. The molecule has 0 radical (unpaired) electrons. The number of nitrogens with two attached hydrogens (primary N) is 1. The molecule has 19 heavy (non-hydrogen) atoms. The maximum Gasteiger partial charge on any atom is 0.417 e. The highest BCUT2D eigenvalue weighted by Crippen LogP contribution is 2.29. The Bertz CT molecular complexity index is 562. The lowest BCUT2D eigenvalue weighted by molar-refractivity contribution is -0.137. The van der Waals surface area contributed by atoms with Gasteiger partial charge < -0.3 is 5.73 Å². The highest BCUT2D eigenvalue weighted by atomic mass is 19.4. The van der Waals surface area contributed by atoms with Gasteiger partial charge in [-0.15, -0.1) is 10.2 Å². The molecule has 4 nitrogen and oxygen atoms in total. The van der Waals surface area contributed by atoms with E-state index in [4.69, 9.17) is 5.73 Å². The van der Waals surface area contributed by atoms with E-state index >= 15 is 0 Å². The molecule has 2 rings (SSSR count). The number of rotatable bonds is 4. The van der Waals surface area contributed by atoms with Crippen LogP contribution in [0, 0.1) is 0 Å². The molecule has 1 unspecified atom stereocenters. The minimum atomic E-state index is -4.39. The smallest absolute Gasteiger partial charge is 0.321 e. The van der Waals surface area contributed by atoms with Gasteiger partial charge in [-0.25, -0.2) is 0 Å². The van der Waals surface area contributed by atoms with Gasteiger partial charge in [-0.2, -0.15) is 13.2 Å². The topological polar surface area (TPSA) is 56.2 Å². The van der Waals surface area contributed by atoms with Gasteiger partial charge in [0.15, 0.2) is 11.5 Å². The minimum absolute atomic E-state index is 0.370. The van der Waals surface area contributed by atoms with E-state index in [9.17, 15) is 13.2 Å². The number of alkyl halides is 3. The van der Waals surface area contributed by atoms with Crippen molar-refractivity contribution in [1.82, 2.24) is 14.6 Å². The van der Waals surface area contributed by atoms with Crippen LogP contribution in [0.3, 0.4) is 0 Å². The summed E-state index contributed by atoms with van der Waals surface area (Å²) in [6.45, 7) is 2.02. The maximum absolute atomic E-state index is 12.7. The Balaban J connectivity index is 2.40. The van der Waals surface area contributed by atoms with Gasteiger partial charge in [0.2, 0.25) is 0 Å². The van der Waals surface area contributed by atoms with Crippen molar-refractivity contribution in [3.8, 4) is 0 Å². The highest BCUT2D eigenvalue weighted by molar-refractivity contribution is 5.40. The number of halogens is 3. The van der Waals surface area contributed by atoms with Gasteiger partial charge in [0.1, 0.15) is 0 Å². The third-order valence-corrected chi connectivity index (χ3v) is 2.96. The van der Waals surface area contributed by atoms with Gasteiger partial charge in [-0.05, 0) is 18.6 Å². The van der Waals surface area contributed by atoms with Crippen LogP contribution in [0.1, 0.15) is 43.6 Å². The summed E-state index contributed by atoms with van der Waals surface area (Å²) in [6.07, 6.45) is -0.847. The number of hydrogen-bond donors (Lipinski definition) is 1. The standard InChI is InChI=1S/C12H15F3N4/c1-2-3-4-9(16)11-18-17-10-6-5-8(7-19(10)11)12(13,14)15/h5-7,9H,2-4,16H2,1H3. The van der Waals surface area contributed by atoms with E-state index in [1.54, 1.807) is 0 Å². The van der Waals surface area contributed by atoms with E-state index in [0.717, 1.165) is 25.1 Å². The number of aromatic nitrogens is 3. The lowest BCUT2D eigenvalue weighted by Crippen LogP contribution is -2.15. The van der Waals surface area contributed by atoms with Crippen LogP contribution in [0.4, 0.5) is 13.2 Å². The second-order valence-electron chi connectivity index (χ2n) is 4.45. The van der Waals surface area contributed by atoms with Crippen molar-refractivity contribution in [3.05, 3.63) is 29.7 Å². The molecule has 2 N–H and O–H groups in total. The summed E-state index contributed by atoms with van der Waals surface area (Å²) in [5.74, 6) is 0.370. The quantitative estimate of drug-likeness (QED) is 0.931. The fourth-order valence-corrected chi connectivity index (χ4v) is 1.88. The monoisotopic (exact) mass is 272 g/mol. The number of unbranched alkanes of at least 4 members (excludes halogenated alkanes) is 1. The van der Waals surface area contributed by atoms with Gasteiger partial charge in [-0.1, -0.05) is 19.8 Å². The van der Waals surface area contributed by atoms with Crippen LogP contribution in [0.5, 0.6) is 0 Å². The molecule has 0 spiro atoms. The van der Waals surface area contributed by atoms with E-state index in [2.05, 4.69) is 10.2 Å². The normalized spacial score (nSPS) is 13.9. The Labute approximate surface area is 108 Å². The van der Waals surface area contributed by atoms with Gasteiger partial charge in [0.25, 0.3) is 0 Å². The minimum Gasteiger partial charge on any atom is -0.321 e. The number of nitrogens with zero attached hydrogens (tertiary/aromatic N) is 3. The van der Waals surface area contributed by atoms with Crippen molar-refractivity contribution in [2.75, 3.05) is 0 Å². The Morgan fingerprint density at radius 2 is 2.05 bits per heavy atom. The molecule has 0 saturated heterocycles. The van der Waals surface area contributed by atoms with Gasteiger partial charge >= 0.3 is 6.18 Å². The lowest BCUT2D eigenvalue weighted by Gasteiger charge is -2.11. The summed E-state index contributed by atoms with van der Waals surface area (Å²) in [5.41, 5.74) is 5.58. The Kier molecular flexibility index (Phi) is 3.75.